The molecule has 1 N–H and O–H groups in total. The van der Waals surface area contributed by atoms with Crippen molar-refractivity contribution in [3.8, 4) is 5.75 Å². The van der Waals surface area contributed by atoms with Gasteiger partial charge in [-0.05, 0) is 42.4 Å². The van der Waals surface area contributed by atoms with Crippen molar-refractivity contribution in [1.29, 1.82) is 0 Å². The molecular weight excluding hydrogens is 246 g/mol. The third-order valence-corrected chi connectivity index (χ3v) is 4.39. The van der Waals surface area contributed by atoms with Crippen LogP contribution in [0.1, 0.15) is 32.3 Å². The van der Waals surface area contributed by atoms with Crippen LogP contribution >= 0.6 is 11.6 Å². The van der Waals surface area contributed by atoms with Gasteiger partial charge in [0.15, 0.2) is 0 Å². The predicted octanol–water partition coefficient (Wildman–Crippen LogP) is 3.87. The third kappa shape index (κ3) is 2.99. The Hall–Kier alpha value is -0.730. The fraction of sp³-hybridized carbons (Fsp3) is 0.600. The molecular formula is C15H22ClNO. The molecule has 1 aliphatic carbocycles. The van der Waals surface area contributed by atoms with Crippen LogP contribution in [0.15, 0.2) is 18.2 Å². The van der Waals surface area contributed by atoms with Crippen LogP contribution in [0, 0.1) is 11.3 Å². The van der Waals surface area contributed by atoms with Gasteiger partial charge >= 0.3 is 0 Å². The molecule has 18 heavy (non-hydrogen) atoms. The minimum Gasteiger partial charge on any atom is -0.496 e. The molecule has 0 bridgehead atoms. The van der Waals surface area contributed by atoms with E-state index in [1.807, 2.05) is 18.2 Å². The van der Waals surface area contributed by atoms with Crippen molar-refractivity contribution in [2.75, 3.05) is 13.7 Å². The average molecular weight is 268 g/mol. The molecule has 1 saturated carbocycles. The Morgan fingerprint density at radius 3 is 2.67 bits per heavy atom. The molecule has 0 amide bonds. The molecule has 0 radical (unpaired) electrons. The molecule has 0 aliphatic heterocycles. The van der Waals surface area contributed by atoms with Crippen LogP contribution in [0.3, 0.4) is 0 Å². The number of rotatable bonds is 6. The summed E-state index contributed by atoms with van der Waals surface area (Å²) >= 11 is 6.02. The summed E-state index contributed by atoms with van der Waals surface area (Å²) in [7, 11) is 1.70. The lowest BCUT2D eigenvalue weighted by atomic mass is 9.92. The number of benzene rings is 1. The Labute approximate surface area is 115 Å². The van der Waals surface area contributed by atoms with Gasteiger partial charge in [0.05, 0.1) is 7.11 Å². The van der Waals surface area contributed by atoms with Crippen LogP contribution in [0.25, 0.3) is 0 Å². The molecule has 1 fully saturated rings. The van der Waals surface area contributed by atoms with Crippen LogP contribution < -0.4 is 10.1 Å². The minimum atomic E-state index is 0.534. The molecule has 0 saturated heterocycles. The molecule has 0 spiro atoms. The number of nitrogens with one attached hydrogen (secondary N) is 1. The van der Waals surface area contributed by atoms with Gasteiger partial charge in [-0.1, -0.05) is 25.4 Å². The standard InChI is InChI=1S/C15H22ClNO/c1-11(2)15(6-7-15)10-17-9-12-8-13(16)4-5-14(12)18-3/h4-5,8,11,17H,6-7,9-10H2,1-3H3. The van der Waals surface area contributed by atoms with E-state index in [0.717, 1.165) is 35.3 Å². The molecule has 3 heteroatoms. The minimum absolute atomic E-state index is 0.534. The van der Waals surface area contributed by atoms with Gasteiger partial charge in [-0.3, -0.25) is 0 Å². The van der Waals surface area contributed by atoms with E-state index in [0.29, 0.717) is 5.41 Å². The molecule has 1 aliphatic rings. The van der Waals surface area contributed by atoms with Crippen molar-refractivity contribution < 1.29 is 4.74 Å². The second-order valence-corrected chi connectivity index (χ2v) is 6.01. The smallest absolute Gasteiger partial charge is 0.123 e. The Bertz CT molecular complexity index is 413. The summed E-state index contributed by atoms with van der Waals surface area (Å²) in [6, 6.07) is 5.76. The fourth-order valence-electron chi connectivity index (χ4n) is 2.45. The molecule has 2 nitrogen and oxygen atoms in total. The first-order valence-corrected chi connectivity index (χ1v) is 6.98. The maximum absolute atomic E-state index is 6.02. The lowest BCUT2D eigenvalue weighted by molar-refractivity contribution is 0.336. The van der Waals surface area contributed by atoms with Crippen molar-refractivity contribution >= 4 is 11.6 Å². The summed E-state index contributed by atoms with van der Waals surface area (Å²) in [6.45, 7) is 6.53. The maximum Gasteiger partial charge on any atom is 0.123 e. The van der Waals surface area contributed by atoms with E-state index in [4.69, 9.17) is 16.3 Å². The molecule has 0 aromatic heterocycles. The SMILES string of the molecule is COc1ccc(Cl)cc1CNCC1(C(C)C)CC1. The summed E-state index contributed by atoms with van der Waals surface area (Å²) in [4.78, 5) is 0. The lowest BCUT2D eigenvalue weighted by Crippen LogP contribution is -2.27. The van der Waals surface area contributed by atoms with E-state index in [2.05, 4.69) is 19.2 Å². The monoisotopic (exact) mass is 267 g/mol. The van der Waals surface area contributed by atoms with Gasteiger partial charge in [-0.15, -0.1) is 0 Å². The normalized spacial score (nSPS) is 16.9. The molecule has 100 valence electrons. The first-order chi connectivity index (χ1) is 8.57. The van der Waals surface area contributed by atoms with Crippen LogP contribution in [-0.2, 0) is 6.54 Å². The molecule has 0 unspecified atom stereocenters. The molecule has 0 atom stereocenters. The van der Waals surface area contributed by atoms with Crippen molar-refractivity contribution in [2.45, 2.75) is 33.2 Å². The Morgan fingerprint density at radius 2 is 2.11 bits per heavy atom. The van der Waals surface area contributed by atoms with E-state index in [-0.39, 0.29) is 0 Å². The van der Waals surface area contributed by atoms with E-state index >= 15 is 0 Å². The highest BCUT2D eigenvalue weighted by molar-refractivity contribution is 6.30. The first kappa shape index (κ1) is 13.7. The van der Waals surface area contributed by atoms with Gasteiger partial charge in [-0.2, -0.15) is 0 Å². The number of ether oxygens (including phenoxy) is 1. The quantitative estimate of drug-likeness (QED) is 0.845. The second-order valence-electron chi connectivity index (χ2n) is 5.58. The van der Waals surface area contributed by atoms with Gasteiger partial charge in [0, 0.05) is 23.7 Å². The van der Waals surface area contributed by atoms with Gasteiger partial charge in [0.2, 0.25) is 0 Å². The summed E-state index contributed by atoms with van der Waals surface area (Å²) in [5, 5.41) is 4.31. The van der Waals surface area contributed by atoms with E-state index < -0.39 is 0 Å². The van der Waals surface area contributed by atoms with E-state index in [1.54, 1.807) is 7.11 Å². The average Bonchev–Trinajstić information content (AvgIpc) is 3.10. The highest BCUT2D eigenvalue weighted by atomic mass is 35.5. The summed E-state index contributed by atoms with van der Waals surface area (Å²) in [5.74, 6) is 1.66. The highest BCUT2D eigenvalue weighted by Gasteiger charge is 2.44. The second kappa shape index (κ2) is 5.50. The zero-order valence-electron chi connectivity index (χ0n) is 11.4. The van der Waals surface area contributed by atoms with Crippen LogP contribution in [-0.4, -0.2) is 13.7 Å². The molecule has 2 rings (SSSR count). The maximum atomic E-state index is 6.02. The number of halogens is 1. The van der Waals surface area contributed by atoms with Gasteiger partial charge in [0.25, 0.3) is 0 Å². The summed E-state index contributed by atoms with van der Waals surface area (Å²) in [6.07, 6.45) is 2.70. The predicted molar refractivity (Wildman–Crippen MR) is 76.2 cm³/mol. The Kier molecular flexibility index (Phi) is 4.18. The zero-order valence-corrected chi connectivity index (χ0v) is 12.2. The Morgan fingerprint density at radius 1 is 1.39 bits per heavy atom. The molecule has 1 aromatic carbocycles. The molecule has 0 heterocycles. The fourth-order valence-corrected chi connectivity index (χ4v) is 2.64. The largest absolute Gasteiger partial charge is 0.496 e. The van der Waals surface area contributed by atoms with Crippen LogP contribution in [0.4, 0.5) is 0 Å². The highest BCUT2D eigenvalue weighted by Crippen LogP contribution is 2.51. The summed E-state index contributed by atoms with van der Waals surface area (Å²) < 4.78 is 5.35. The third-order valence-electron chi connectivity index (χ3n) is 4.15. The van der Waals surface area contributed by atoms with Crippen LogP contribution in [0.2, 0.25) is 5.02 Å². The van der Waals surface area contributed by atoms with Crippen LogP contribution in [0.5, 0.6) is 5.75 Å². The molecule has 1 aromatic rings. The topological polar surface area (TPSA) is 21.3 Å². The van der Waals surface area contributed by atoms with Gasteiger partial charge in [-0.25, -0.2) is 0 Å². The van der Waals surface area contributed by atoms with Crippen molar-refractivity contribution in [2.24, 2.45) is 11.3 Å². The van der Waals surface area contributed by atoms with Crippen molar-refractivity contribution in [3.05, 3.63) is 28.8 Å². The first-order valence-electron chi connectivity index (χ1n) is 6.60. The zero-order chi connectivity index (χ0) is 13.2. The summed E-state index contributed by atoms with van der Waals surface area (Å²) in [5.41, 5.74) is 1.66. The number of hydrogen-bond donors (Lipinski definition) is 1. The number of hydrogen-bond acceptors (Lipinski definition) is 2. The number of methoxy groups -OCH3 is 1. The van der Waals surface area contributed by atoms with Gasteiger partial charge < -0.3 is 10.1 Å². The van der Waals surface area contributed by atoms with E-state index in [9.17, 15) is 0 Å². The van der Waals surface area contributed by atoms with E-state index in [1.165, 1.54) is 12.8 Å². The van der Waals surface area contributed by atoms with Crippen molar-refractivity contribution in [1.82, 2.24) is 5.32 Å². The van der Waals surface area contributed by atoms with Crippen molar-refractivity contribution in [3.63, 3.8) is 0 Å². The van der Waals surface area contributed by atoms with Gasteiger partial charge in [0.1, 0.15) is 5.75 Å². The lowest BCUT2D eigenvalue weighted by Gasteiger charge is -2.20. The Balaban J connectivity index is 1.92.